The summed E-state index contributed by atoms with van der Waals surface area (Å²) in [7, 11) is 0. The first-order chi connectivity index (χ1) is 1.00. The quantitative estimate of drug-likeness (QED) is 0.429. The maximum absolute atomic E-state index is 3.25. The Morgan fingerprint density at radius 1 is 1.25 bits per heavy atom. The summed E-state index contributed by atoms with van der Waals surface area (Å²) in [6.07, 6.45) is 0. The van der Waals surface area contributed by atoms with Crippen LogP contribution in [0, 0.1) is 0 Å². The van der Waals surface area contributed by atoms with Gasteiger partial charge in [-0.2, -0.15) is 0 Å². The maximum atomic E-state index is 3.25. The number of hydrogen-bond donors (Lipinski definition) is 0. The molecule has 0 saturated heterocycles. The van der Waals surface area contributed by atoms with E-state index in [0.717, 1.165) is 0 Å². The molecule has 4 heteroatoms. The molecular formula is H2BCoFeNi. The topological polar surface area (TPSA) is 0 Å². The van der Waals surface area contributed by atoms with E-state index in [-0.39, 0.29) is 33.3 Å². The van der Waals surface area contributed by atoms with Gasteiger partial charge in [-0.05, 0) is 0 Å². The Balaban J connectivity index is -0.00000000500. The van der Waals surface area contributed by atoms with E-state index < -0.39 is 0 Å². The molecule has 0 atom stereocenters. The van der Waals surface area contributed by atoms with Crippen LogP contribution in [0.5, 0.6) is 0 Å². The fourth-order valence-corrected chi connectivity index (χ4v) is 0. The first-order valence-electron chi connectivity index (χ1n) is 0.354. The van der Waals surface area contributed by atoms with Crippen molar-refractivity contribution in [2.45, 2.75) is 0 Å². The molecule has 0 fully saturated rings. The molecule has 0 aromatic rings. The van der Waals surface area contributed by atoms with Crippen molar-refractivity contribution in [2.75, 3.05) is 0 Å². The van der Waals surface area contributed by atoms with E-state index >= 15 is 0 Å². The minimum atomic E-state index is 0. The smallest absolute Gasteiger partial charge is 0 e. The molecule has 0 unspecified atom stereocenters. The summed E-state index contributed by atoms with van der Waals surface area (Å²) in [5.41, 5.74) is 0. The van der Waals surface area contributed by atoms with Crippen molar-refractivity contribution >= 4 is 6.66 Å². The average Bonchev–Trinajstić information content (AvgIpc) is 1.00. The molecule has 0 heterocycles. The Labute approximate surface area is 55.7 Å². The molecule has 0 bridgehead atoms. The largest absolute Gasteiger partial charge is 0 e. The van der Waals surface area contributed by atoms with Crippen LogP contribution in [0.3, 0.4) is 0 Å². The van der Waals surface area contributed by atoms with E-state index in [1.165, 1.54) is 0 Å². The molecule has 0 aromatic heterocycles. The van der Waals surface area contributed by atoms with Crippen LogP contribution in [0.25, 0.3) is 0 Å². The minimum absolute atomic E-state index is 0. The summed E-state index contributed by atoms with van der Waals surface area (Å²) >= 11 is 3.25. The van der Waals surface area contributed by atoms with Crippen molar-refractivity contribution in [3.05, 3.63) is 0 Å². The van der Waals surface area contributed by atoms with Crippen LogP contribution in [0.2, 0.25) is 0 Å². The third-order valence-corrected chi connectivity index (χ3v) is 0. The summed E-state index contributed by atoms with van der Waals surface area (Å²) in [4.78, 5) is 0. The van der Waals surface area contributed by atoms with Gasteiger partial charge in [-0.3, -0.25) is 0 Å². The summed E-state index contributed by atoms with van der Waals surface area (Å²) in [6, 6.07) is 0. The Morgan fingerprint density at radius 2 is 1.25 bits per heavy atom. The molecule has 0 spiro atoms. The molecule has 0 aliphatic carbocycles. The van der Waals surface area contributed by atoms with E-state index in [0.29, 0.717) is 0 Å². The van der Waals surface area contributed by atoms with Gasteiger partial charge < -0.3 is 0 Å². The van der Waals surface area contributed by atoms with Gasteiger partial charge in [-0.15, -0.1) is 0 Å². The third kappa shape index (κ3) is 9.54. The van der Waals surface area contributed by atoms with Gasteiger partial charge in [0.05, 0.1) is 0 Å². The fraction of sp³-hybridized carbons (Fsp3) is 0. The van der Waals surface area contributed by atoms with Gasteiger partial charge in [0.2, 0.25) is 0 Å². The molecule has 0 nitrogen and oxygen atoms in total. The maximum Gasteiger partial charge on any atom is 0 e. The summed E-state index contributed by atoms with van der Waals surface area (Å²) in [5.74, 6) is 0. The van der Waals surface area contributed by atoms with E-state index in [1.54, 1.807) is 6.66 Å². The van der Waals surface area contributed by atoms with Gasteiger partial charge in [0.15, 0.2) is 0 Å². The summed E-state index contributed by atoms with van der Waals surface area (Å²) in [6.45, 7) is 1.75. The first kappa shape index (κ1) is 17.6. The van der Waals surface area contributed by atoms with Crippen LogP contribution in [-0.4, -0.2) is 6.66 Å². The van der Waals surface area contributed by atoms with Gasteiger partial charge >= 0.3 is 22.5 Å². The van der Waals surface area contributed by atoms with Crippen LogP contribution in [0.1, 0.15) is 0 Å². The molecule has 1 radical (unpaired) electrons. The van der Waals surface area contributed by atoms with Crippen LogP contribution >= 0.6 is 0 Å². The molecule has 4 heavy (non-hydrogen) atoms. The van der Waals surface area contributed by atoms with Crippen molar-refractivity contribution in [3.8, 4) is 0 Å². The molecule has 0 aliphatic heterocycles. The van der Waals surface area contributed by atoms with Crippen LogP contribution in [0.4, 0.5) is 0 Å². The predicted octanol–water partition coefficient (Wildman–Crippen LogP) is -0.924. The second-order valence-electron chi connectivity index (χ2n) is 0. The van der Waals surface area contributed by atoms with E-state index in [1.807, 2.05) is 0 Å². The molecule has 0 N–H and O–H groups in total. The SMILES string of the molecule is [BH2][Fe].[Co].[Ni]. The van der Waals surface area contributed by atoms with Gasteiger partial charge in [0, 0.05) is 33.3 Å². The van der Waals surface area contributed by atoms with Gasteiger partial charge in [-0.1, -0.05) is 0 Å². The Morgan fingerprint density at radius 3 is 1.25 bits per heavy atom. The zero-order valence-electron chi connectivity index (χ0n) is 2.00. The summed E-state index contributed by atoms with van der Waals surface area (Å²) in [5, 5.41) is 0. The van der Waals surface area contributed by atoms with Crippen molar-refractivity contribution < 1.29 is 49.1 Å². The van der Waals surface area contributed by atoms with Crippen LogP contribution < -0.4 is 0 Å². The second-order valence-corrected chi connectivity index (χ2v) is 0. The normalized spacial score (nSPS) is 1.25. The molecule has 0 rings (SSSR count). The molecule has 32 valence electrons. The summed E-state index contributed by atoms with van der Waals surface area (Å²) < 4.78 is 0. The second kappa shape index (κ2) is 23.5. The Kier molecular flexibility index (Phi) is 103. The zero-order chi connectivity index (χ0) is 2.00. The van der Waals surface area contributed by atoms with Crippen LogP contribution in [-0.2, 0) is 49.1 Å². The van der Waals surface area contributed by atoms with Crippen molar-refractivity contribution in [1.82, 2.24) is 0 Å². The number of hydrogen-bond acceptors (Lipinski definition) is 0. The van der Waals surface area contributed by atoms with Crippen molar-refractivity contribution in [1.29, 1.82) is 0 Å². The van der Waals surface area contributed by atoms with Gasteiger partial charge in [-0.25, -0.2) is 0 Å². The zero-order valence-corrected chi connectivity index (χ0v) is 5.14. The average molecular weight is 186 g/mol. The van der Waals surface area contributed by atoms with Gasteiger partial charge in [0.25, 0.3) is 0 Å². The standard InChI is InChI=1S/BH2.Co.Fe.Ni/h1H2;;;/q+1;;-1;. The van der Waals surface area contributed by atoms with Crippen molar-refractivity contribution in [2.24, 2.45) is 0 Å². The monoisotopic (exact) mass is 186 g/mol. The fourth-order valence-electron chi connectivity index (χ4n) is 0. The van der Waals surface area contributed by atoms with E-state index in [9.17, 15) is 0 Å². The van der Waals surface area contributed by atoms with Crippen molar-refractivity contribution in [3.63, 3.8) is 0 Å². The molecular weight excluding hydrogens is 184 g/mol. The predicted molar refractivity (Wildman–Crippen MR) is 8.54 cm³/mol. The molecule has 0 aromatic carbocycles. The van der Waals surface area contributed by atoms with E-state index in [4.69, 9.17) is 0 Å². The minimum Gasteiger partial charge on any atom is 0 e. The third-order valence-electron chi connectivity index (χ3n) is 0. The Hall–Kier alpha value is 1.58. The molecule has 0 aliphatic rings. The number of rotatable bonds is 0. The van der Waals surface area contributed by atoms with E-state index in [2.05, 4.69) is 15.8 Å². The van der Waals surface area contributed by atoms with Gasteiger partial charge in [0.1, 0.15) is 0 Å². The Bertz CT molecular complexity index is 8.00. The first-order valence-corrected chi connectivity index (χ1v) is 1.46. The van der Waals surface area contributed by atoms with Crippen LogP contribution in [0.15, 0.2) is 0 Å². The molecule has 0 amide bonds. The molecule has 0 saturated carbocycles.